The van der Waals surface area contributed by atoms with E-state index in [4.69, 9.17) is 4.74 Å². The minimum absolute atomic E-state index is 0.0149. The second kappa shape index (κ2) is 7.87. The van der Waals surface area contributed by atoms with Crippen molar-refractivity contribution in [2.75, 3.05) is 6.61 Å². The Labute approximate surface area is 131 Å². The number of halogens is 3. The van der Waals surface area contributed by atoms with Crippen LogP contribution in [0.25, 0.3) is 0 Å². The van der Waals surface area contributed by atoms with Crippen LogP contribution >= 0.6 is 0 Å². The van der Waals surface area contributed by atoms with E-state index in [-0.39, 0.29) is 13.0 Å². The van der Waals surface area contributed by atoms with Gasteiger partial charge in [-0.05, 0) is 57.0 Å². The number of alkyl halides is 3. The number of hydrogen-bond donors (Lipinski definition) is 0. The van der Waals surface area contributed by atoms with E-state index in [1.165, 1.54) is 6.21 Å². The number of rotatable bonds is 6. The minimum atomic E-state index is -4.15. The molecule has 0 unspecified atom stereocenters. The third-order valence-corrected chi connectivity index (χ3v) is 3.92. The second-order valence-corrected chi connectivity index (χ2v) is 7.67. The Hall–Kier alpha value is -1.21. The minimum Gasteiger partial charge on any atom is -0.591 e. The Bertz CT molecular complexity index is 481. The quantitative estimate of drug-likeness (QED) is 0.442. The molecule has 0 heterocycles. The van der Waals surface area contributed by atoms with Gasteiger partial charge in [0.1, 0.15) is 21.9 Å². The Kier molecular flexibility index (Phi) is 6.74. The average molecular weight is 335 g/mol. The van der Waals surface area contributed by atoms with Gasteiger partial charge in [0.25, 0.3) is 0 Å². The molecule has 1 atom stereocenters. The summed E-state index contributed by atoms with van der Waals surface area (Å²) in [6, 6.07) is 6.72. The molecule has 0 N–H and O–H groups in total. The number of ether oxygens (including phenoxy) is 1. The number of benzene rings is 1. The number of nitrogens with zero attached hydrogens (tertiary/aromatic N) is 1. The van der Waals surface area contributed by atoms with Crippen molar-refractivity contribution in [1.82, 2.24) is 0 Å². The van der Waals surface area contributed by atoms with E-state index in [2.05, 4.69) is 4.40 Å². The van der Waals surface area contributed by atoms with Crippen LogP contribution in [0.1, 0.15) is 39.2 Å². The highest BCUT2D eigenvalue weighted by atomic mass is 32.2. The molecule has 0 aliphatic heterocycles. The molecule has 0 radical (unpaired) electrons. The Morgan fingerprint density at radius 1 is 1.18 bits per heavy atom. The zero-order chi connectivity index (χ0) is 16.8. The Morgan fingerprint density at radius 2 is 1.77 bits per heavy atom. The first-order valence-corrected chi connectivity index (χ1v) is 7.94. The summed E-state index contributed by atoms with van der Waals surface area (Å²) in [5, 5.41) is 0. The fourth-order valence-electron chi connectivity index (χ4n) is 1.38. The first-order chi connectivity index (χ1) is 10.1. The lowest BCUT2D eigenvalue weighted by Crippen LogP contribution is -2.25. The zero-order valence-corrected chi connectivity index (χ0v) is 13.6. The fourth-order valence-corrected chi connectivity index (χ4v) is 1.91. The summed E-state index contributed by atoms with van der Waals surface area (Å²) in [5.74, 6) is 0.497. The highest BCUT2D eigenvalue weighted by molar-refractivity contribution is 7.91. The highest BCUT2D eigenvalue weighted by Gasteiger charge is 2.26. The Morgan fingerprint density at radius 3 is 2.27 bits per heavy atom. The van der Waals surface area contributed by atoms with Gasteiger partial charge in [0.15, 0.2) is 0 Å². The molecule has 7 heteroatoms. The number of hydrogen-bond acceptors (Lipinski definition) is 3. The van der Waals surface area contributed by atoms with Crippen LogP contribution in [0.2, 0.25) is 0 Å². The lowest BCUT2D eigenvalue weighted by atomic mass is 10.2. The van der Waals surface area contributed by atoms with Gasteiger partial charge in [-0.3, -0.25) is 0 Å². The molecule has 0 saturated carbocycles. The van der Waals surface area contributed by atoms with E-state index < -0.39 is 28.7 Å². The molecule has 0 bridgehead atoms. The molecule has 1 aromatic carbocycles. The highest BCUT2D eigenvalue weighted by Crippen LogP contribution is 2.22. The molecule has 1 rings (SSSR count). The van der Waals surface area contributed by atoms with Gasteiger partial charge in [0.2, 0.25) is 0 Å². The molecule has 22 heavy (non-hydrogen) atoms. The van der Waals surface area contributed by atoms with E-state index in [1.54, 1.807) is 24.3 Å². The smallest absolute Gasteiger partial charge is 0.389 e. The van der Waals surface area contributed by atoms with E-state index in [0.717, 1.165) is 5.56 Å². The SMILES string of the molecule is CC(C)(C)[S@+]([O-])/N=C/c1ccc(OCCCC(F)(F)F)cc1. The molecule has 0 amide bonds. The monoisotopic (exact) mass is 335 g/mol. The molecule has 0 aromatic heterocycles. The van der Waals surface area contributed by atoms with E-state index in [0.29, 0.717) is 5.75 Å². The topological polar surface area (TPSA) is 44.7 Å². The van der Waals surface area contributed by atoms with Gasteiger partial charge in [0.05, 0.1) is 12.8 Å². The maximum absolute atomic E-state index is 12.0. The lowest BCUT2D eigenvalue weighted by Gasteiger charge is -2.17. The maximum Gasteiger partial charge on any atom is 0.389 e. The van der Waals surface area contributed by atoms with Gasteiger partial charge in [-0.1, -0.05) is 4.40 Å². The zero-order valence-electron chi connectivity index (χ0n) is 12.8. The maximum atomic E-state index is 12.0. The first-order valence-electron chi connectivity index (χ1n) is 6.83. The third kappa shape index (κ3) is 7.70. The second-order valence-electron chi connectivity index (χ2n) is 5.73. The first kappa shape index (κ1) is 18.8. The van der Waals surface area contributed by atoms with Crippen molar-refractivity contribution in [3.63, 3.8) is 0 Å². The predicted molar refractivity (Wildman–Crippen MR) is 82.7 cm³/mol. The molecule has 3 nitrogen and oxygen atoms in total. The van der Waals surface area contributed by atoms with Crippen molar-refractivity contribution in [2.45, 2.75) is 44.5 Å². The van der Waals surface area contributed by atoms with Gasteiger partial charge in [-0.15, -0.1) is 0 Å². The molecular formula is C15H20F3NO2S. The van der Waals surface area contributed by atoms with Crippen molar-refractivity contribution in [1.29, 1.82) is 0 Å². The molecule has 1 aromatic rings. The van der Waals surface area contributed by atoms with E-state index in [1.807, 2.05) is 20.8 Å². The van der Waals surface area contributed by atoms with Crippen LogP contribution in [0.3, 0.4) is 0 Å². The van der Waals surface area contributed by atoms with Gasteiger partial charge >= 0.3 is 6.18 Å². The van der Waals surface area contributed by atoms with Gasteiger partial charge in [-0.2, -0.15) is 13.2 Å². The predicted octanol–water partition coefficient (Wildman–Crippen LogP) is 4.29. The molecule has 0 spiro atoms. The van der Waals surface area contributed by atoms with Crippen molar-refractivity contribution < 1.29 is 22.5 Å². The van der Waals surface area contributed by atoms with Crippen LogP contribution in [0.15, 0.2) is 28.7 Å². The molecule has 124 valence electrons. The van der Waals surface area contributed by atoms with Crippen LogP contribution in [0.4, 0.5) is 13.2 Å². The van der Waals surface area contributed by atoms with Crippen molar-refractivity contribution in [3.05, 3.63) is 29.8 Å². The summed E-state index contributed by atoms with van der Waals surface area (Å²) < 4.78 is 56.5. The van der Waals surface area contributed by atoms with Gasteiger partial charge in [-0.25, -0.2) is 0 Å². The molecular weight excluding hydrogens is 315 g/mol. The van der Waals surface area contributed by atoms with E-state index in [9.17, 15) is 17.7 Å². The van der Waals surface area contributed by atoms with Crippen LogP contribution < -0.4 is 4.74 Å². The van der Waals surface area contributed by atoms with Gasteiger partial charge in [0, 0.05) is 6.42 Å². The average Bonchev–Trinajstić information content (AvgIpc) is 2.40. The van der Waals surface area contributed by atoms with Crippen LogP contribution in [0, 0.1) is 0 Å². The van der Waals surface area contributed by atoms with Crippen molar-refractivity contribution in [2.24, 2.45) is 4.40 Å². The lowest BCUT2D eigenvalue weighted by molar-refractivity contribution is -0.136. The summed E-state index contributed by atoms with van der Waals surface area (Å²) in [4.78, 5) is 0. The molecule has 0 fully saturated rings. The van der Waals surface area contributed by atoms with Crippen molar-refractivity contribution >= 4 is 17.6 Å². The largest absolute Gasteiger partial charge is 0.591 e. The summed E-state index contributed by atoms with van der Waals surface area (Å²) in [6.45, 7) is 5.51. The summed E-state index contributed by atoms with van der Waals surface area (Å²) in [6.07, 6.45) is -3.56. The summed E-state index contributed by atoms with van der Waals surface area (Å²) in [7, 11) is 0. The molecule has 0 aliphatic carbocycles. The van der Waals surface area contributed by atoms with Gasteiger partial charge < -0.3 is 9.29 Å². The molecule has 0 saturated heterocycles. The standard InChI is InChI=1S/C15H20F3NO2S/c1-14(2,3)22(20)19-11-12-5-7-13(8-6-12)21-10-4-9-15(16,17)18/h5-8,11H,4,9-10H2,1-3H3/b19-11+/t22-/m0/s1. The normalized spacial score (nSPS) is 14.3. The fraction of sp³-hybridized carbons (Fsp3) is 0.533. The van der Waals surface area contributed by atoms with Crippen LogP contribution in [-0.2, 0) is 11.4 Å². The van der Waals surface area contributed by atoms with Crippen LogP contribution in [-0.4, -0.2) is 28.3 Å². The third-order valence-electron chi connectivity index (χ3n) is 2.57. The summed E-state index contributed by atoms with van der Waals surface area (Å²) >= 11 is -1.33. The van der Waals surface area contributed by atoms with Crippen LogP contribution in [0.5, 0.6) is 5.75 Å². The van der Waals surface area contributed by atoms with E-state index >= 15 is 0 Å². The molecule has 0 aliphatic rings. The van der Waals surface area contributed by atoms with Crippen molar-refractivity contribution in [3.8, 4) is 5.75 Å². The Balaban J connectivity index is 2.45. The summed E-state index contributed by atoms with van der Waals surface area (Å²) in [5.41, 5.74) is 0.750.